The Labute approximate surface area is 408 Å². The lowest BCUT2D eigenvalue weighted by Gasteiger charge is -2.41. The number of nitrogens with one attached hydrogen (secondary N) is 1. The second-order valence-corrected chi connectivity index (χ2v) is 20.3. The maximum Gasteiger partial charge on any atom is 0.120 e. The van der Waals surface area contributed by atoms with Crippen LogP contribution in [0, 0.1) is 5.92 Å². The molecule has 4 heterocycles. The van der Waals surface area contributed by atoms with Crippen LogP contribution in [-0.2, 0) is 0 Å². The molecule has 0 bridgehead atoms. The fourth-order valence-corrected chi connectivity index (χ4v) is 12.9. The first-order chi connectivity index (χ1) is 34.5. The molecule has 5 aliphatic rings. The molecule has 9 aromatic carbocycles. The molecule has 8 unspecified atom stereocenters. The molecule has 0 spiro atoms. The van der Waals surface area contributed by atoms with Crippen LogP contribution in [0.4, 0.5) is 11.4 Å². The van der Waals surface area contributed by atoms with E-state index in [0.29, 0.717) is 5.92 Å². The standard InChI is InChI=1S/C65H51N5/c1-41-30-32-43(33-31-41)50-22-9-10-26-55(50)64-69-62(66-63(70(64)69)54-27-15-20-42-16-5-7-21-49(42)54)47-36-46-19-6-8-23-51(46)60(39-47)68-61-38-45-18-4-3-17-44(45)37-56(61)57-40-48(34-35-65(57,68)2)67-58-28-13-11-24-52(58)53-25-12-14-29-59(53)67/h3-30,32-41,57,62-64,66H,31H2,1-2H3. The number of hydrazine groups is 1. The summed E-state index contributed by atoms with van der Waals surface area (Å²) in [4.78, 5) is 2.69. The molecule has 2 aliphatic carbocycles. The van der Waals surface area contributed by atoms with Crippen LogP contribution in [-0.4, -0.2) is 20.1 Å². The van der Waals surface area contributed by atoms with Crippen molar-refractivity contribution in [2.24, 2.45) is 5.92 Å². The number of rotatable bonds is 6. The third-order valence-electron chi connectivity index (χ3n) is 16.3. The van der Waals surface area contributed by atoms with Crippen molar-refractivity contribution in [3.8, 4) is 0 Å². The van der Waals surface area contributed by atoms with Gasteiger partial charge in [0.1, 0.15) is 18.5 Å². The Kier molecular flexibility index (Phi) is 8.65. The van der Waals surface area contributed by atoms with E-state index < -0.39 is 5.54 Å². The lowest BCUT2D eigenvalue weighted by atomic mass is 9.79. The zero-order valence-electron chi connectivity index (χ0n) is 39.2. The summed E-state index contributed by atoms with van der Waals surface area (Å²) in [6.07, 6.45) is 15.6. The van der Waals surface area contributed by atoms with Crippen LogP contribution in [0.25, 0.3) is 65.4 Å². The Morgan fingerprint density at radius 2 is 1.16 bits per heavy atom. The van der Waals surface area contributed by atoms with E-state index in [-0.39, 0.29) is 24.4 Å². The number of allylic oxidation sites excluding steroid dienone is 6. The largest absolute Gasteiger partial charge is 0.330 e. The molecule has 2 fully saturated rings. The SMILES string of the molecule is CC1C=CC(c2ccccc2C2N3C(c4cc(N5c6cc7ccccc7cc6C6C=C(n7c8ccccc8c8ccccc87)C=CC65C)c5ccccc5c4)NC(c4cccc5ccccc45)N23)=CC1. The number of para-hydroxylation sites is 2. The number of benzene rings is 9. The molecule has 0 radical (unpaired) electrons. The lowest BCUT2D eigenvalue weighted by Crippen LogP contribution is -2.42. The number of hydrogen-bond donors (Lipinski definition) is 1. The first kappa shape index (κ1) is 40.1. The maximum absolute atomic E-state index is 4.24. The van der Waals surface area contributed by atoms with Gasteiger partial charge in [-0.1, -0.05) is 189 Å². The highest BCUT2D eigenvalue weighted by Gasteiger charge is 2.61. The Morgan fingerprint density at radius 1 is 0.529 bits per heavy atom. The van der Waals surface area contributed by atoms with Crippen LogP contribution in [0.3, 0.4) is 0 Å². The maximum atomic E-state index is 4.24. The van der Waals surface area contributed by atoms with Crippen molar-refractivity contribution in [2.45, 2.75) is 50.2 Å². The highest BCUT2D eigenvalue weighted by atomic mass is 15.9. The number of anilines is 2. The van der Waals surface area contributed by atoms with Crippen molar-refractivity contribution in [1.82, 2.24) is 19.9 Å². The summed E-state index contributed by atoms with van der Waals surface area (Å²) in [5.41, 5.74) is 13.6. The predicted octanol–water partition coefficient (Wildman–Crippen LogP) is 15.9. The second kappa shape index (κ2) is 15.1. The van der Waals surface area contributed by atoms with E-state index in [1.54, 1.807) is 0 Å². The number of fused-ring (bicyclic) bond motifs is 10. The third kappa shape index (κ3) is 5.83. The quantitative estimate of drug-likeness (QED) is 0.168. The molecule has 5 nitrogen and oxygen atoms in total. The van der Waals surface area contributed by atoms with Gasteiger partial charge in [-0.15, -0.1) is 0 Å². The Balaban J connectivity index is 0.909. The molecule has 336 valence electrons. The van der Waals surface area contributed by atoms with Crippen molar-refractivity contribution in [3.05, 3.63) is 252 Å². The third-order valence-corrected chi connectivity index (χ3v) is 16.3. The van der Waals surface area contributed by atoms with Crippen molar-refractivity contribution >= 4 is 76.8 Å². The molecule has 1 N–H and O–H groups in total. The molecule has 15 rings (SSSR count). The van der Waals surface area contributed by atoms with E-state index in [1.807, 2.05) is 0 Å². The molecule has 0 amide bonds. The van der Waals surface area contributed by atoms with Gasteiger partial charge in [0.15, 0.2) is 0 Å². The Bertz CT molecular complexity index is 3900. The van der Waals surface area contributed by atoms with Crippen molar-refractivity contribution in [3.63, 3.8) is 0 Å². The monoisotopic (exact) mass is 901 g/mol. The topological polar surface area (TPSA) is 26.2 Å². The van der Waals surface area contributed by atoms with Gasteiger partial charge in [-0.3, -0.25) is 5.32 Å². The summed E-state index contributed by atoms with van der Waals surface area (Å²) >= 11 is 0. The summed E-state index contributed by atoms with van der Waals surface area (Å²) in [7, 11) is 0. The molecule has 2 saturated heterocycles. The van der Waals surface area contributed by atoms with Crippen LogP contribution >= 0.6 is 0 Å². The minimum absolute atomic E-state index is 0.0357. The summed E-state index contributed by atoms with van der Waals surface area (Å²) in [5, 5.41) is 19.6. The fraction of sp³-hybridized carbons (Fsp3) is 0.138. The summed E-state index contributed by atoms with van der Waals surface area (Å²) in [6, 6.07) is 70.3. The van der Waals surface area contributed by atoms with E-state index in [2.05, 4.69) is 263 Å². The van der Waals surface area contributed by atoms with Crippen molar-refractivity contribution in [2.75, 3.05) is 4.90 Å². The molecule has 5 heteroatoms. The Morgan fingerprint density at radius 3 is 1.93 bits per heavy atom. The van der Waals surface area contributed by atoms with E-state index >= 15 is 0 Å². The van der Waals surface area contributed by atoms with Crippen LogP contribution in [0.5, 0.6) is 0 Å². The van der Waals surface area contributed by atoms with Gasteiger partial charge in [0.05, 0.1) is 22.3 Å². The number of aromatic nitrogens is 1. The van der Waals surface area contributed by atoms with Crippen molar-refractivity contribution < 1.29 is 0 Å². The van der Waals surface area contributed by atoms with E-state index in [1.165, 1.54) is 105 Å². The first-order valence-corrected chi connectivity index (χ1v) is 25.0. The number of hydrogen-bond acceptors (Lipinski definition) is 4. The summed E-state index contributed by atoms with van der Waals surface area (Å²) in [6.45, 7) is 4.76. The molecule has 10 aromatic rings. The lowest BCUT2D eigenvalue weighted by molar-refractivity contribution is 0.315. The van der Waals surface area contributed by atoms with Gasteiger partial charge in [-0.25, -0.2) is 0 Å². The summed E-state index contributed by atoms with van der Waals surface area (Å²) < 4.78 is 2.48. The van der Waals surface area contributed by atoms with Crippen molar-refractivity contribution in [1.29, 1.82) is 0 Å². The molecule has 0 saturated carbocycles. The molecular formula is C65H51N5. The van der Waals surface area contributed by atoms with E-state index in [0.717, 1.165) is 6.42 Å². The van der Waals surface area contributed by atoms with Gasteiger partial charge in [0.25, 0.3) is 0 Å². The zero-order valence-corrected chi connectivity index (χ0v) is 39.2. The van der Waals surface area contributed by atoms with E-state index in [9.17, 15) is 0 Å². The summed E-state index contributed by atoms with van der Waals surface area (Å²) in [5.74, 6) is 0.626. The smallest absolute Gasteiger partial charge is 0.120 e. The minimum Gasteiger partial charge on any atom is -0.330 e. The van der Waals surface area contributed by atoms with Gasteiger partial charge in [-0.05, 0) is 122 Å². The highest BCUT2D eigenvalue weighted by Crippen LogP contribution is 2.61. The van der Waals surface area contributed by atoms with E-state index in [4.69, 9.17) is 0 Å². The Hall–Kier alpha value is -7.80. The molecule has 3 aliphatic heterocycles. The van der Waals surface area contributed by atoms with Gasteiger partial charge < -0.3 is 9.47 Å². The number of nitrogens with zero attached hydrogens (tertiary/aromatic N) is 4. The minimum atomic E-state index is -0.413. The predicted molar refractivity (Wildman–Crippen MR) is 290 cm³/mol. The fourth-order valence-electron chi connectivity index (χ4n) is 12.9. The molecule has 8 atom stereocenters. The van der Waals surface area contributed by atoms with Gasteiger partial charge in [0.2, 0.25) is 0 Å². The highest BCUT2D eigenvalue weighted by molar-refractivity contribution is 6.11. The van der Waals surface area contributed by atoms with Crippen LogP contribution in [0.2, 0.25) is 0 Å². The molecule has 70 heavy (non-hydrogen) atoms. The van der Waals surface area contributed by atoms with Crippen LogP contribution in [0.15, 0.2) is 225 Å². The first-order valence-electron chi connectivity index (χ1n) is 25.0. The van der Waals surface area contributed by atoms with Gasteiger partial charge >= 0.3 is 0 Å². The molecular weight excluding hydrogens is 851 g/mol. The normalized spacial score (nSPS) is 25.4. The van der Waals surface area contributed by atoms with Gasteiger partial charge in [-0.2, -0.15) is 10.0 Å². The average molecular weight is 902 g/mol. The zero-order chi connectivity index (χ0) is 46.2. The van der Waals surface area contributed by atoms with Crippen LogP contribution in [0.1, 0.15) is 72.5 Å². The average Bonchev–Trinajstić information content (AvgIpc) is 3.72. The molecule has 1 aromatic heterocycles. The van der Waals surface area contributed by atoms with Gasteiger partial charge in [0, 0.05) is 33.5 Å². The second-order valence-electron chi connectivity index (χ2n) is 20.3. The van der Waals surface area contributed by atoms with Crippen LogP contribution < -0.4 is 10.2 Å².